The number of carbonyl (C=O) groups excluding carboxylic acids is 2. The van der Waals surface area contributed by atoms with Crippen LogP contribution in [0.3, 0.4) is 0 Å². The first kappa shape index (κ1) is 28.8. The van der Waals surface area contributed by atoms with E-state index in [0.717, 1.165) is 6.42 Å². The fraction of sp³-hybridized carbons (Fsp3) is 0.750. The average Bonchev–Trinajstić information content (AvgIpc) is 3.35. The molecular formula is C32H44N2O8. The number of hydrogen-bond acceptors (Lipinski definition) is 9. The molecule has 10 heteroatoms. The van der Waals surface area contributed by atoms with Gasteiger partial charge in [0.2, 0.25) is 5.91 Å². The zero-order valence-corrected chi connectivity index (χ0v) is 25.1. The minimum absolute atomic E-state index is 0.0312. The van der Waals surface area contributed by atoms with Gasteiger partial charge in [0.25, 0.3) is 0 Å². The van der Waals surface area contributed by atoms with Crippen LogP contribution in [0, 0.1) is 28.6 Å². The molecular weight excluding hydrogens is 540 g/mol. The molecule has 5 saturated carbocycles. The summed E-state index contributed by atoms with van der Waals surface area (Å²) in [5.41, 5.74) is -4.81. The molecule has 0 aromatic heterocycles. The first-order valence-electron chi connectivity index (χ1n) is 15.2. The highest BCUT2D eigenvalue weighted by Gasteiger charge is 2.90. The maximum atomic E-state index is 14.2. The van der Waals surface area contributed by atoms with E-state index < -0.39 is 45.8 Å². The molecule has 1 saturated heterocycles. The molecule has 1 amide bonds. The van der Waals surface area contributed by atoms with E-state index in [9.17, 15) is 24.9 Å². The molecule has 6 unspecified atom stereocenters. The summed E-state index contributed by atoms with van der Waals surface area (Å²) in [4.78, 5) is 28.4. The highest BCUT2D eigenvalue weighted by atomic mass is 16.5. The number of Topliss-reactive ketones (excluding diaryl/α,β-unsaturated/α-hetero) is 1. The Hall–Kier alpha value is -1.92. The molecule has 1 aliphatic heterocycles. The summed E-state index contributed by atoms with van der Waals surface area (Å²) >= 11 is 0. The number of methoxy groups -OCH3 is 3. The van der Waals surface area contributed by atoms with Gasteiger partial charge in [0.15, 0.2) is 5.78 Å². The zero-order chi connectivity index (χ0) is 30.0. The van der Waals surface area contributed by atoms with Crippen molar-refractivity contribution in [3.63, 3.8) is 0 Å². The molecule has 6 aliphatic rings. The third kappa shape index (κ3) is 3.09. The van der Waals surface area contributed by atoms with Crippen LogP contribution in [0.25, 0.3) is 0 Å². The van der Waals surface area contributed by atoms with E-state index in [0.29, 0.717) is 30.6 Å². The number of hydrogen-bond donors (Lipinski definition) is 4. The zero-order valence-electron chi connectivity index (χ0n) is 25.1. The summed E-state index contributed by atoms with van der Waals surface area (Å²) in [6.45, 7) is 2.11. The van der Waals surface area contributed by atoms with Gasteiger partial charge in [0, 0.05) is 76.5 Å². The maximum absolute atomic E-state index is 14.2. The molecule has 1 aromatic rings. The first-order chi connectivity index (χ1) is 19.9. The number of benzene rings is 1. The average molecular weight is 585 g/mol. The number of piperidine rings is 1. The summed E-state index contributed by atoms with van der Waals surface area (Å²) in [6, 6.07) is 7.04. The van der Waals surface area contributed by atoms with Gasteiger partial charge in [-0.1, -0.05) is 12.1 Å². The smallest absolute Gasteiger partial charge is 0.221 e. The Morgan fingerprint density at radius 3 is 2.40 bits per heavy atom. The molecule has 5 aliphatic carbocycles. The Morgan fingerprint density at radius 2 is 1.74 bits per heavy atom. The number of aliphatic hydroxyl groups is 3. The number of nitrogens with one attached hydrogen (secondary N) is 1. The van der Waals surface area contributed by atoms with Crippen molar-refractivity contribution in [2.45, 2.75) is 86.6 Å². The van der Waals surface area contributed by atoms with Crippen molar-refractivity contribution in [1.29, 1.82) is 0 Å². The number of anilines is 1. The second kappa shape index (κ2) is 9.06. The van der Waals surface area contributed by atoms with Crippen LogP contribution in [0.2, 0.25) is 0 Å². The van der Waals surface area contributed by atoms with Crippen molar-refractivity contribution < 1.29 is 39.1 Å². The summed E-state index contributed by atoms with van der Waals surface area (Å²) in [5, 5.41) is 40.6. The first-order valence-corrected chi connectivity index (χ1v) is 15.2. The topological polar surface area (TPSA) is 138 Å². The van der Waals surface area contributed by atoms with Crippen molar-refractivity contribution >= 4 is 17.4 Å². The Bertz CT molecular complexity index is 1320. The summed E-state index contributed by atoms with van der Waals surface area (Å²) in [5.74, 6) is -1.16. The lowest BCUT2D eigenvalue weighted by Crippen LogP contribution is -2.83. The SMILES string of the molecule is COC1CCC2(CC(=O)c3ccccc3NC(C)=O)CN(C)[C@@H]3C4C[C@@H]2C13[C@@H]1C[C@]2(O)C(OC)C[C@@]4(O)[C@@]1(O)C2OC. The molecule has 6 fully saturated rings. The fourth-order valence-electron chi connectivity index (χ4n) is 12.1. The number of rotatable bonds is 7. The van der Waals surface area contributed by atoms with Gasteiger partial charge in [0.1, 0.15) is 22.9 Å². The number of carbonyl (C=O) groups is 2. The van der Waals surface area contributed by atoms with E-state index in [2.05, 4.69) is 17.3 Å². The largest absolute Gasteiger partial charge is 0.386 e. The van der Waals surface area contributed by atoms with Gasteiger partial charge in [-0.25, -0.2) is 0 Å². The molecule has 7 rings (SSSR count). The number of ether oxygens (including phenoxy) is 3. The third-order valence-corrected chi connectivity index (χ3v) is 13.0. The second-order valence-electron chi connectivity index (χ2n) is 14.2. The number of fused-ring (bicyclic) bond motifs is 2. The van der Waals surface area contributed by atoms with Crippen LogP contribution in [0.1, 0.15) is 55.8 Å². The van der Waals surface area contributed by atoms with Crippen LogP contribution in [0.15, 0.2) is 24.3 Å². The number of amides is 1. The minimum Gasteiger partial charge on any atom is -0.386 e. The number of para-hydroxylation sites is 1. The Balaban J connectivity index is 1.38. The van der Waals surface area contributed by atoms with Gasteiger partial charge in [-0.15, -0.1) is 0 Å². The standard InChI is InChI=1S/C32H44N2O8/c1-17(35)33-20-9-7-6-8-18(20)21(36)13-28-11-10-24(40-3)31-22(28)12-19(26(31)34(2)16-28)30(38)15-25(41-4)29(37)14-23(31)32(30,39)27(29)42-5/h6-9,19,22-27,37-39H,10-16H2,1-5H3,(H,33,35)/t19?,22-,23-,24?,25?,26+,27?,28?,29-,30-,31?,32-/m0/s1. The van der Waals surface area contributed by atoms with Crippen LogP contribution in [0.5, 0.6) is 0 Å². The van der Waals surface area contributed by atoms with E-state index >= 15 is 0 Å². The highest BCUT2D eigenvalue weighted by Crippen LogP contribution is 2.81. The van der Waals surface area contributed by atoms with E-state index in [4.69, 9.17) is 14.2 Å². The third-order valence-electron chi connectivity index (χ3n) is 13.0. The molecule has 230 valence electrons. The number of likely N-dealkylation sites (tertiary alicyclic amines) is 1. The lowest BCUT2D eigenvalue weighted by molar-refractivity contribution is -0.343. The van der Waals surface area contributed by atoms with Crippen molar-refractivity contribution in [2.24, 2.45) is 28.6 Å². The lowest BCUT2D eigenvalue weighted by Gasteiger charge is -2.71. The fourth-order valence-corrected chi connectivity index (χ4v) is 12.1. The number of nitrogens with zero attached hydrogens (tertiary/aromatic N) is 1. The van der Waals surface area contributed by atoms with Crippen LogP contribution in [-0.4, -0.2) is 108 Å². The van der Waals surface area contributed by atoms with Crippen LogP contribution >= 0.6 is 0 Å². The molecule has 0 radical (unpaired) electrons. The van der Waals surface area contributed by atoms with Crippen molar-refractivity contribution in [2.75, 3.05) is 40.2 Å². The van der Waals surface area contributed by atoms with Crippen LogP contribution < -0.4 is 5.32 Å². The highest BCUT2D eigenvalue weighted by molar-refractivity contribution is 6.04. The van der Waals surface area contributed by atoms with E-state index in [1.807, 2.05) is 6.07 Å². The summed E-state index contributed by atoms with van der Waals surface area (Å²) in [7, 11) is 6.82. The van der Waals surface area contributed by atoms with Gasteiger partial charge in [0.05, 0.1) is 17.9 Å². The Labute approximate surface area is 246 Å². The molecule has 12 atom stereocenters. The van der Waals surface area contributed by atoms with Crippen LogP contribution in [-0.2, 0) is 19.0 Å². The van der Waals surface area contributed by atoms with Crippen molar-refractivity contribution in [1.82, 2.24) is 4.90 Å². The molecule has 10 nitrogen and oxygen atoms in total. The van der Waals surface area contributed by atoms with E-state index in [1.165, 1.54) is 14.0 Å². The quantitative estimate of drug-likeness (QED) is 0.352. The van der Waals surface area contributed by atoms with Gasteiger partial charge < -0.3 is 39.7 Å². The Morgan fingerprint density at radius 1 is 1.02 bits per heavy atom. The van der Waals surface area contributed by atoms with Crippen molar-refractivity contribution in [3.05, 3.63) is 29.8 Å². The minimum atomic E-state index is -1.71. The normalized spacial score (nSPS) is 50.0. The van der Waals surface area contributed by atoms with E-state index in [-0.39, 0.29) is 54.9 Å². The maximum Gasteiger partial charge on any atom is 0.221 e. The molecule has 1 spiro atoms. The van der Waals surface area contributed by atoms with Gasteiger partial charge in [-0.05, 0) is 56.2 Å². The van der Waals surface area contributed by atoms with E-state index in [1.54, 1.807) is 32.4 Å². The molecule has 4 N–H and O–H groups in total. The van der Waals surface area contributed by atoms with Crippen molar-refractivity contribution in [3.8, 4) is 0 Å². The second-order valence-corrected chi connectivity index (χ2v) is 14.2. The summed E-state index contributed by atoms with van der Waals surface area (Å²) in [6.07, 6.45) is 0.758. The molecule has 1 aromatic carbocycles. The predicted molar refractivity (Wildman–Crippen MR) is 152 cm³/mol. The van der Waals surface area contributed by atoms with Gasteiger partial charge in [-0.2, -0.15) is 0 Å². The monoisotopic (exact) mass is 584 g/mol. The van der Waals surface area contributed by atoms with Gasteiger partial charge in [-0.3, -0.25) is 9.59 Å². The van der Waals surface area contributed by atoms with Crippen LogP contribution in [0.4, 0.5) is 5.69 Å². The Kier molecular flexibility index (Phi) is 6.22. The van der Waals surface area contributed by atoms with Gasteiger partial charge >= 0.3 is 0 Å². The lowest BCUT2D eigenvalue weighted by atomic mass is 9.41. The summed E-state index contributed by atoms with van der Waals surface area (Å²) < 4.78 is 18.0. The number of ketones is 1. The predicted octanol–water partition coefficient (Wildman–Crippen LogP) is 1.61. The molecule has 7 bridgehead atoms. The molecule has 42 heavy (non-hydrogen) atoms. The molecule has 1 heterocycles.